The number of hydrogen-bond acceptors (Lipinski definition) is 4. The van der Waals surface area contributed by atoms with E-state index in [2.05, 4.69) is 10.2 Å². The van der Waals surface area contributed by atoms with Crippen LogP contribution >= 0.6 is 23.2 Å². The SMILES string of the molecule is O=S(=O)(c1cc(Cl)ccc1Cl)N1CCC[C@H](c2nnc3ccccn23)C1. The summed E-state index contributed by atoms with van der Waals surface area (Å²) in [5.74, 6) is 0.742. The second kappa shape index (κ2) is 6.81. The molecule has 0 N–H and O–H groups in total. The lowest BCUT2D eigenvalue weighted by Gasteiger charge is -2.31. The van der Waals surface area contributed by atoms with Gasteiger partial charge in [0.15, 0.2) is 5.65 Å². The summed E-state index contributed by atoms with van der Waals surface area (Å²) in [6, 6.07) is 10.2. The minimum Gasteiger partial charge on any atom is -0.286 e. The largest absolute Gasteiger partial charge is 0.286 e. The third kappa shape index (κ3) is 3.09. The number of rotatable bonds is 3. The first-order valence-electron chi connectivity index (χ1n) is 8.21. The summed E-state index contributed by atoms with van der Waals surface area (Å²) in [5, 5.41) is 8.96. The van der Waals surface area contributed by atoms with Crippen LogP contribution < -0.4 is 0 Å². The van der Waals surface area contributed by atoms with Crippen molar-refractivity contribution in [3.63, 3.8) is 0 Å². The van der Waals surface area contributed by atoms with Crippen molar-refractivity contribution in [1.82, 2.24) is 18.9 Å². The third-order valence-electron chi connectivity index (χ3n) is 4.60. The molecular weight excluding hydrogens is 395 g/mol. The molecule has 0 unspecified atom stereocenters. The molecule has 6 nitrogen and oxygen atoms in total. The van der Waals surface area contributed by atoms with Crippen LogP contribution in [0.3, 0.4) is 0 Å². The summed E-state index contributed by atoms with van der Waals surface area (Å²) in [5.41, 5.74) is 0.750. The Labute approximate surface area is 161 Å². The fraction of sp³-hybridized carbons (Fsp3) is 0.294. The predicted octanol–water partition coefficient (Wildman–Crippen LogP) is 3.60. The number of halogens is 2. The van der Waals surface area contributed by atoms with Gasteiger partial charge in [0.05, 0.1) is 5.02 Å². The van der Waals surface area contributed by atoms with Crippen LogP contribution in [0.15, 0.2) is 47.5 Å². The van der Waals surface area contributed by atoms with Crippen molar-refractivity contribution < 1.29 is 8.42 Å². The third-order valence-corrected chi connectivity index (χ3v) is 7.18. The van der Waals surface area contributed by atoms with Crippen molar-refractivity contribution in [3.05, 3.63) is 58.5 Å². The molecular formula is C17H16Cl2N4O2S. The highest BCUT2D eigenvalue weighted by Gasteiger charge is 2.34. The minimum absolute atomic E-state index is 0.0334. The van der Waals surface area contributed by atoms with Crippen LogP contribution in [0.25, 0.3) is 5.65 Å². The lowest BCUT2D eigenvalue weighted by Crippen LogP contribution is -2.39. The van der Waals surface area contributed by atoms with E-state index in [-0.39, 0.29) is 15.8 Å². The molecule has 0 aliphatic carbocycles. The van der Waals surface area contributed by atoms with E-state index in [0.29, 0.717) is 18.1 Å². The maximum absolute atomic E-state index is 13.1. The van der Waals surface area contributed by atoms with Gasteiger partial charge >= 0.3 is 0 Å². The topological polar surface area (TPSA) is 67.6 Å². The van der Waals surface area contributed by atoms with E-state index in [0.717, 1.165) is 24.3 Å². The van der Waals surface area contributed by atoms with Crippen LogP contribution in [0, 0.1) is 0 Å². The monoisotopic (exact) mass is 410 g/mol. The molecule has 0 radical (unpaired) electrons. The molecule has 0 spiro atoms. The molecule has 136 valence electrons. The van der Waals surface area contributed by atoms with Gasteiger partial charge in [0.1, 0.15) is 10.7 Å². The highest BCUT2D eigenvalue weighted by Crippen LogP contribution is 2.33. The standard InChI is InChI=1S/C17H16Cl2N4O2S/c18-13-6-7-14(19)15(10-13)26(24,25)22-8-3-4-12(11-22)17-21-20-16-5-1-2-9-23(16)17/h1-2,5-7,9-10,12H,3-4,8,11H2/t12-/m0/s1. The lowest BCUT2D eigenvalue weighted by atomic mass is 9.99. The van der Waals surface area contributed by atoms with Crippen molar-refractivity contribution in [2.75, 3.05) is 13.1 Å². The molecule has 0 saturated carbocycles. The zero-order valence-electron chi connectivity index (χ0n) is 13.7. The van der Waals surface area contributed by atoms with Gasteiger partial charge in [-0.2, -0.15) is 4.31 Å². The molecule has 9 heteroatoms. The van der Waals surface area contributed by atoms with Crippen LogP contribution in [0.1, 0.15) is 24.6 Å². The van der Waals surface area contributed by atoms with Gasteiger partial charge in [-0.05, 0) is 43.2 Å². The van der Waals surface area contributed by atoms with Crippen molar-refractivity contribution in [3.8, 4) is 0 Å². The highest BCUT2D eigenvalue weighted by atomic mass is 35.5. The summed E-state index contributed by atoms with van der Waals surface area (Å²) < 4.78 is 29.5. The Kier molecular flexibility index (Phi) is 4.64. The smallest absolute Gasteiger partial charge is 0.244 e. The molecule has 1 atom stereocenters. The van der Waals surface area contributed by atoms with E-state index in [1.807, 2.05) is 28.8 Å². The zero-order chi connectivity index (χ0) is 18.3. The number of fused-ring (bicyclic) bond motifs is 1. The molecule has 3 aromatic rings. The molecule has 1 aromatic carbocycles. The van der Waals surface area contributed by atoms with Crippen molar-refractivity contribution in [1.29, 1.82) is 0 Å². The molecule has 1 saturated heterocycles. The van der Waals surface area contributed by atoms with Gasteiger partial charge in [-0.1, -0.05) is 29.3 Å². The second-order valence-corrected chi connectivity index (χ2v) is 9.01. The number of hydrogen-bond donors (Lipinski definition) is 0. The number of pyridine rings is 1. The first kappa shape index (κ1) is 17.7. The Bertz CT molecular complexity index is 1070. The van der Waals surface area contributed by atoms with Gasteiger partial charge in [-0.25, -0.2) is 8.42 Å². The summed E-state index contributed by atoms with van der Waals surface area (Å²) in [6.07, 6.45) is 3.49. The maximum Gasteiger partial charge on any atom is 0.244 e. The van der Waals surface area contributed by atoms with Gasteiger partial charge in [-0.15, -0.1) is 10.2 Å². The van der Waals surface area contributed by atoms with Crippen molar-refractivity contribution >= 4 is 38.9 Å². The van der Waals surface area contributed by atoms with Crippen LogP contribution in [-0.2, 0) is 10.0 Å². The summed E-state index contributed by atoms with van der Waals surface area (Å²) >= 11 is 12.1. The maximum atomic E-state index is 13.1. The van der Waals surface area contributed by atoms with E-state index in [1.165, 1.54) is 16.4 Å². The number of sulfonamides is 1. The van der Waals surface area contributed by atoms with E-state index in [4.69, 9.17) is 23.2 Å². The highest BCUT2D eigenvalue weighted by molar-refractivity contribution is 7.89. The summed E-state index contributed by atoms with van der Waals surface area (Å²) in [4.78, 5) is 0.0402. The second-order valence-electron chi connectivity index (χ2n) is 6.26. The number of nitrogens with zero attached hydrogens (tertiary/aromatic N) is 4. The Morgan fingerprint density at radius 1 is 1.12 bits per heavy atom. The van der Waals surface area contributed by atoms with E-state index < -0.39 is 10.0 Å². The normalized spacial score (nSPS) is 19.1. The lowest BCUT2D eigenvalue weighted by molar-refractivity contribution is 0.308. The van der Waals surface area contributed by atoms with Crippen LogP contribution in [-0.4, -0.2) is 40.4 Å². The van der Waals surface area contributed by atoms with Crippen molar-refractivity contribution in [2.24, 2.45) is 0 Å². The Morgan fingerprint density at radius 3 is 2.81 bits per heavy atom. The van der Waals surface area contributed by atoms with Crippen LogP contribution in [0.5, 0.6) is 0 Å². The van der Waals surface area contributed by atoms with Crippen LogP contribution in [0.4, 0.5) is 0 Å². The first-order valence-corrected chi connectivity index (χ1v) is 10.4. The molecule has 1 aliphatic rings. The van der Waals surface area contributed by atoms with E-state index >= 15 is 0 Å². The molecule has 3 heterocycles. The van der Waals surface area contributed by atoms with Gasteiger partial charge in [0.2, 0.25) is 10.0 Å². The zero-order valence-corrected chi connectivity index (χ0v) is 16.0. The summed E-state index contributed by atoms with van der Waals surface area (Å²) in [7, 11) is -3.73. The average molecular weight is 411 g/mol. The quantitative estimate of drug-likeness (QED) is 0.661. The molecule has 4 rings (SSSR count). The van der Waals surface area contributed by atoms with Gasteiger partial charge < -0.3 is 0 Å². The predicted molar refractivity (Wildman–Crippen MR) is 100 cm³/mol. The average Bonchev–Trinajstić information content (AvgIpc) is 3.08. The molecule has 2 aromatic heterocycles. The fourth-order valence-corrected chi connectivity index (χ4v) is 5.58. The minimum atomic E-state index is -3.73. The Hall–Kier alpha value is -1.67. The van der Waals surface area contributed by atoms with Gasteiger partial charge in [0.25, 0.3) is 0 Å². The van der Waals surface area contributed by atoms with Crippen LogP contribution in [0.2, 0.25) is 10.0 Å². The molecule has 1 aliphatic heterocycles. The number of aromatic nitrogens is 3. The Balaban J connectivity index is 1.67. The molecule has 0 amide bonds. The van der Waals surface area contributed by atoms with Gasteiger partial charge in [-0.3, -0.25) is 4.40 Å². The van der Waals surface area contributed by atoms with Crippen molar-refractivity contribution in [2.45, 2.75) is 23.7 Å². The molecule has 1 fully saturated rings. The van der Waals surface area contributed by atoms with E-state index in [1.54, 1.807) is 6.07 Å². The van der Waals surface area contributed by atoms with Gasteiger partial charge in [0, 0.05) is 30.2 Å². The molecule has 0 bridgehead atoms. The molecule has 26 heavy (non-hydrogen) atoms. The van der Waals surface area contributed by atoms with E-state index in [9.17, 15) is 8.42 Å². The Morgan fingerprint density at radius 2 is 1.96 bits per heavy atom. The summed E-state index contributed by atoms with van der Waals surface area (Å²) in [6.45, 7) is 0.777. The fourth-order valence-electron chi connectivity index (χ4n) is 3.32. The number of benzene rings is 1. The number of piperidine rings is 1. The first-order chi connectivity index (χ1) is 12.5.